The van der Waals surface area contributed by atoms with Crippen LogP contribution in [0.3, 0.4) is 0 Å². The molecule has 1 aromatic carbocycles. The van der Waals surface area contributed by atoms with Crippen LogP contribution in [0.1, 0.15) is 0 Å². The van der Waals surface area contributed by atoms with Gasteiger partial charge < -0.3 is 9.47 Å². The summed E-state index contributed by atoms with van der Waals surface area (Å²) in [5.74, 6) is 2.13. The molecule has 0 aliphatic carbocycles. The van der Waals surface area contributed by atoms with Crippen LogP contribution < -0.4 is 9.47 Å². The van der Waals surface area contributed by atoms with Crippen LogP contribution in [0.2, 0.25) is 0 Å². The van der Waals surface area contributed by atoms with Gasteiger partial charge in [-0.25, -0.2) is 0 Å². The molecular weight excluding hydrogens is 314 g/mol. The number of hydrogen-bond acceptors (Lipinski definition) is 7. The first kappa shape index (κ1) is 12.5. The van der Waals surface area contributed by atoms with Gasteiger partial charge in [-0.1, -0.05) is 11.3 Å². The van der Waals surface area contributed by atoms with Crippen molar-refractivity contribution in [1.82, 2.24) is 24.8 Å². The molecule has 0 saturated heterocycles. The number of fused-ring (bicyclic) bond motifs is 2. The zero-order valence-electron chi connectivity index (χ0n) is 11.7. The summed E-state index contributed by atoms with van der Waals surface area (Å²) in [5, 5.41) is 14.0. The van der Waals surface area contributed by atoms with Gasteiger partial charge >= 0.3 is 0 Å². The Morgan fingerprint density at radius 3 is 2.74 bits per heavy atom. The number of nitrogens with zero attached hydrogens (tertiary/aromatic N) is 5. The van der Waals surface area contributed by atoms with Crippen molar-refractivity contribution in [3.8, 4) is 33.5 Å². The van der Waals surface area contributed by atoms with E-state index in [1.165, 1.54) is 11.3 Å². The van der Waals surface area contributed by atoms with Gasteiger partial charge in [0.2, 0.25) is 11.8 Å². The quantitative estimate of drug-likeness (QED) is 0.564. The number of pyridine rings is 1. The third kappa shape index (κ3) is 1.95. The molecule has 0 amide bonds. The van der Waals surface area contributed by atoms with E-state index in [1.807, 2.05) is 30.3 Å². The smallest absolute Gasteiger partial charge is 0.235 e. The van der Waals surface area contributed by atoms with Gasteiger partial charge in [0.15, 0.2) is 17.3 Å². The lowest BCUT2D eigenvalue weighted by atomic mass is 10.2. The van der Waals surface area contributed by atoms with Crippen LogP contribution in [0.25, 0.3) is 26.9 Å². The second kappa shape index (κ2) is 4.75. The summed E-state index contributed by atoms with van der Waals surface area (Å²) in [5.41, 5.74) is 1.89. The van der Waals surface area contributed by atoms with Gasteiger partial charge in [0.05, 0.1) is 0 Å². The summed E-state index contributed by atoms with van der Waals surface area (Å²) in [7, 11) is 0. The molecule has 0 unspecified atom stereocenters. The first-order chi connectivity index (χ1) is 11.4. The van der Waals surface area contributed by atoms with E-state index in [9.17, 15) is 0 Å². The second-order valence-electron chi connectivity index (χ2n) is 4.93. The summed E-state index contributed by atoms with van der Waals surface area (Å²) in [6.07, 6.45) is 3.49. The van der Waals surface area contributed by atoms with Crippen LogP contribution in [0.15, 0.2) is 42.7 Å². The Hall–Kier alpha value is -3.00. The van der Waals surface area contributed by atoms with Crippen molar-refractivity contribution in [2.75, 3.05) is 6.79 Å². The Kier molecular flexibility index (Phi) is 2.59. The van der Waals surface area contributed by atoms with Crippen LogP contribution in [-0.4, -0.2) is 31.6 Å². The normalized spacial score (nSPS) is 12.9. The fraction of sp³-hybridized carbons (Fsp3) is 0.0667. The van der Waals surface area contributed by atoms with Crippen LogP contribution >= 0.6 is 11.3 Å². The number of rotatable bonds is 2. The topological polar surface area (TPSA) is 74.4 Å². The lowest BCUT2D eigenvalue weighted by molar-refractivity contribution is 0.174. The highest BCUT2D eigenvalue weighted by Gasteiger charge is 2.18. The van der Waals surface area contributed by atoms with E-state index in [2.05, 4.69) is 20.3 Å². The summed E-state index contributed by atoms with van der Waals surface area (Å²) in [6.45, 7) is 0.247. The van der Waals surface area contributed by atoms with Gasteiger partial charge in [-0.15, -0.1) is 10.2 Å². The Morgan fingerprint density at radius 2 is 1.83 bits per heavy atom. The molecule has 0 saturated carbocycles. The lowest BCUT2D eigenvalue weighted by Crippen LogP contribution is -1.93. The maximum atomic E-state index is 5.42. The van der Waals surface area contributed by atoms with E-state index >= 15 is 0 Å². The van der Waals surface area contributed by atoms with Crippen LogP contribution in [0.4, 0.5) is 0 Å². The summed E-state index contributed by atoms with van der Waals surface area (Å²) < 4.78 is 12.5. The van der Waals surface area contributed by atoms with Crippen molar-refractivity contribution in [3.05, 3.63) is 42.7 Å². The molecule has 0 bridgehead atoms. The fourth-order valence-electron chi connectivity index (χ4n) is 2.44. The van der Waals surface area contributed by atoms with Crippen molar-refractivity contribution in [2.45, 2.75) is 0 Å². The number of hydrogen-bond donors (Lipinski definition) is 0. The predicted octanol–water partition coefficient (Wildman–Crippen LogP) is 2.64. The minimum absolute atomic E-state index is 0.247. The molecule has 0 radical (unpaired) electrons. The standard InChI is InChI=1S/C15H9N5O2S/c1-2-11-12(22-8-21-11)7-10(1)13-17-18-15-20(13)19-14(23-15)9-3-5-16-6-4-9/h1-7H,8H2. The van der Waals surface area contributed by atoms with E-state index in [0.717, 1.165) is 26.8 Å². The SMILES string of the molecule is c1cc(-c2nn3c(-c4ccc5c(c4)OCO5)nnc3s2)ccn1. The van der Waals surface area contributed by atoms with Gasteiger partial charge in [0.25, 0.3) is 0 Å². The van der Waals surface area contributed by atoms with Gasteiger partial charge in [-0.3, -0.25) is 4.98 Å². The van der Waals surface area contributed by atoms with Crippen molar-refractivity contribution < 1.29 is 9.47 Å². The fourth-order valence-corrected chi connectivity index (χ4v) is 3.29. The summed E-state index contributed by atoms with van der Waals surface area (Å²) >= 11 is 1.49. The number of aromatic nitrogens is 5. The minimum atomic E-state index is 0.247. The van der Waals surface area contributed by atoms with Crippen LogP contribution in [-0.2, 0) is 0 Å². The molecule has 7 nitrogen and oxygen atoms in total. The molecule has 4 heterocycles. The average molecular weight is 323 g/mol. The van der Waals surface area contributed by atoms with Crippen LogP contribution in [0, 0.1) is 0 Å². The Bertz CT molecular complexity index is 1010. The first-order valence-corrected chi connectivity index (χ1v) is 7.73. The monoisotopic (exact) mass is 323 g/mol. The molecule has 23 heavy (non-hydrogen) atoms. The molecule has 112 valence electrons. The molecule has 0 fully saturated rings. The minimum Gasteiger partial charge on any atom is -0.454 e. The second-order valence-corrected chi connectivity index (χ2v) is 5.89. The van der Waals surface area contributed by atoms with Gasteiger partial charge in [0, 0.05) is 23.5 Å². The molecule has 5 rings (SSSR count). The molecule has 0 atom stereocenters. The van der Waals surface area contributed by atoms with E-state index < -0.39 is 0 Å². The van der Waals surface area contributed by atoms with E-state index in [0.29, 0.717) is 11.6 Å². The molecule has 8 heteroatoms. The lowest BCUT2D eigenvalue weighted by Gasteiger charge is -1.99. The highest BCUT2D eigenvalue weighted by Crippen LogP contribution is 2.36. The van der Waals surface area contributed by atoms with Crippen molar-refractivity contribution in [3.63, 3.8) is 0 Å². The van der Waals surface area contributed by atoms with Crippen molar-refractivity contribution in [2.24, 2.45) is 0 Å². The Labute approximate surface area is 134 Å². The maximum absolute atomic E-state index is 5.42. The zero-order chi connectivity index (χ0) is 15.2. The molecule has 3 aromatic heterocycles. The Morgan fingerprint density at radius 1 is 0.957 bits per heavy atom. The van der Waals surface area contributed by atoms with Crippen molar-refractivity contribution in [1.29, 1.82) is 0 Å². The predicted molar refractivity (Wildman–Crippen MR) is 83.4 cm³/mol. The molecular formula is C15H9N5O2S. The highest BCUT2D eigenvalue weighted by molar-refractivity contribution is 7.19. The highest BCUT2D eigenvalue weighted by atomic mass is 32.1. The van der Waals surface area contributed by atoms with Gasteiger partial charge in [0.1, 0.15) is 5.01 Å². The van der Waals surface area contributed by atoms with Gasteiger partial charge in [-0.2, -0.15) is 9.61 Å². The molecule has 1 aliphatic heterocycles. The zero-order valence-corrected chi connectivity index (χ0v) is 12.5. The summed E-state index contributed by atoms with van der Waals surface area (Å²) in [6, 6.07) is 9.53. The molecule has 0 spiro atoms. The number of ether oxygens (including phenoxy) is 2. The largest absolute Gasteiger partial charge is 0.454 e. The van der Waals surface area contributed by atoms with E-state index in [4.69, 9.17) is 9.47 Å². The molecule has 4 aromatic rings. The van der Waals surface area contributed by atoms with Crippen molar-refractivity contribution >= 4 is 16.3 Å². The average Bonchev–Trinajstić information content (AvgIpc) is 3.30. The van der Waals surface area contributed by atoms with Gasteiger partial charge in [-0.05, 0) is 30.3 Å². The molecule has 0 N–H and O–H groups in total. The number of benzene rings is 1. The van der Waals surface area contributed by atoms with E-state index in [-0.39, 0.29) is 6.79 Å². The van der Waals surface area contributed by atoms with E-state index in [1.54, 1.807) is 16.9 Å². The first-order valence-electron chi connectivity index (χ1n) is 6.91. The van der Waals surface area contributed by atoms with Crippen LogP contribution in [0.5, 0.6) is 11.5 Å². The third-order valence-corrected chi connectivity index (χ3v) is 4.50. The Balaban J connectivity index is 1.64. The third-order valence-electron chi connectivity index (χ3n) is 3.55. The molecule has 1 aliphatic rings. The summed E-state index contributed by atoms with van der Waals surface area (Å²) in [4.78, 5) is 4.77. The maximum Gasteiger partial charge on any atom is 0.235 e.